The van der Waals surface area contributed by atoms with E-state index < -0.39 is 4.92 Å². The molecule has 0 fully saturated rings. The fourth-order valence-electron chi connectivity index (χ4n) is 2.68. The number of carbonyl (C=O) groups excluding carboxylic acids is 1. The van der Waals surface area contributed by atoms with Gasteiger partial charge in [0.15, 0.2) is 11.5 Å². The van der Waals surface area contributed by atoms with Gasteiger partial charge < -0.3 is 24.8 Å². The van der Waals surface area contributed by atoms with Gasteiger partial charge in [-0.05, 0) is 18.6 Å². The quantitative estimate of drug-likeness (QED) is 0.504. The Kier molecular flexibility index (Phi) is 7.44. The number of benzene rings is 2. The van der Waals surface area contributed by atoms with Crippen LogP contribution in [0.5, 0.6) is 17.2 Å². The largest absolute Gasteiger partial charge is 0.496 e. The number of ether oxygens (including phenoxy) is 3. The average Bonchev–Trinajstić information content (AvgIpc) is 2.71. The van der Waals surface area contributed by atoms with Gasteiger partial charge in [-0.25, -0.2) is 4.79 Å². The van der Waals surface area contributed by atoms with Gasteiger partial charge in [0.2, 0.25) is 0 Å². The molecule has 2 N–H and O–H groups in total. The van der Waals surface area contributed by atoms with Gasteiger partial charge in [0.05, 0.1) is 32.3 Å². The summed E-state index contributed by atoms with van der Waals surface area (Å²) >= 11 is 0. The van der Waals surface area contributed by atoms with Gasteiger partial charge in [-0.3, -0.25) is 10.1 Å². The van der Waals surface area contributed by atoms with Crippen molar-refractivity contribution in [3.8, 4) is 17.2 Å². The zero-order valence-electron chi connectivity index (χ0n) is 16.0. The van der Waals surface area contributed by atoms with Gasteiger partial charge in [-0.15, -0.1) is 0 Å². The minimum absolute atomic E-state index is 0.0890. The van der Waals surface area contributed by atoms with Crippen LogP contribution in [0.15, 0.2) is 36.4 Å². The highest BCUT2D eigenvalue weighted by molar-refractivity contribution is 5.74. The fourth-order valence-corrected chi connectivity index (χ4v) is 2.68. The molecule has 0 aliphatic rings. The zero-order valence-corrected chi connectivity index (χ0v) is 16.0. The van der Waals surface area contributed by atoms with E-state index in [9.17, 15) is 14.9 Å². The first-order valence-electron chi connectivity index (χ1n) is 8.53. The van der Waals surface area contributed by atoms with E-state index >= 15 is 0 Å². The summed E-state index contributed by atoms with van der Waals surface area (Å²) in [7, 11) is 4.43. The normalized spacial score (nSPS) is 10.1. The van der Waals surface area contributed by atoms with E-state index in [4.69, 9.17) is 14.2 Å². The summed E-state index contributed by atoms with van der Waals surface area (Å²) in [6.07, 6.45) is 0.263. The van der Waals surface area contributed by atoms with Gasteiger partial charge in [0, 0.05) is 24.2 Å². The number of hydrogen-bond acceptors (Lipinski definition) is 6. The number of nitro benzene ring substituents is 1. The number of nitrogens with one attached hydrogen (secondary N) is 2. The highest BCUT2D eigenvalue weighted by Crippen LogP contribution is 2.34. The van der Waals surface area contributed by atoms with E-state index in [1.807, 2.05) is 24.3 Å². The number of hydrogen-bond donors (Lipinski definition) is 2. The third kappa shape index (κ3) is 5.26. The van der Waals surface area contributed by atoms with E-state index in [0.29, 0.717) is 23.6 Å². The minimum atomic E-state index is -0.487. The van der Waals surface area contributed by atoms with Crippen LogP contribution < -0.4 is 24.8 Å². The number of para-hydroxylation sites is 1. The second-order valence-corrected chi connectivity index (χ2v) is 5.76. The molecule has 0 unspecified atom stereocenters. The summed E-state index contributed by atoms with van der Waals surface area (Å²) in [6.45, 7) is 0.514. The number of carbonyl (C=O) groups is 1. The number of rotatable bonds is 9. The summed E-state index contributed by atoms with van der Waals surface area (Å²) in [5.74, 6) is 1.35. The molecule has 0 saturated heterocycles. The van der Waals surface area contributed by atoms with Crippen LogP contribution in [-0.2, 0) is 13.0 Å². The third-order valence-corrected chi connectivity index (χ3v) is 4.09. The van der Waals surface area contributed by atoms with Crippen LogP contribution in [0.3, 0.4) is 0 Å². The Bertz CT molecular complexity index is 840. The topological polar surface area (TPSA) is 112 Å². The van der Waals surface area contributed by atoms with Crippen LogP contribution in [0, 0.1) is 10.1 Å². The highest BCUT2D eigenvalue weighted by atomic mass is 16.6. The maximum Gasteiger partial charge on any atom is 0.315 e. The van der Waals surface area contributed by atoms with Crippen molar-refractivity contribution in [3.63, 3.8) is 0 Å². The summed E-state index contributed by atoms with van der Waals surface area (Å²) in [5.41, 5.74) is 1.19. The van der Waals surface area contributed by atoms with Crippen molar-refractivity contribution in [1.29, 1.82) is 0 Å². The lowest BCUT2D eigenvalue weighted by molar-refractivity contribution is -0.385. The first-order valence-corrected chi connectivity index (χ1v) is 8.53. The molecule has 0 bridgehead atoms. The molecule has 9 nitrogen and oxygen atoms in total. The van der Waals surface area contributed by atoms with Crippen molar-refractivity contribution >= 4 is 11.7 Å². The molecule has 0 spiro atoms. The van der Waals surface area contributed by atoms with Gasteiger partial charge in [0.1, 0.15) is 5.75 Å². The Balaban J connectivity index is 1.95. The SMILES string of the molecule is COc1ccccc1CNC(=O)NCCc1cc(OC)c(OC)cc1[N+](=O)[O-]. The fraction of sp³-hybridized carbons (Fsp3) is 0.316. The summed E-state index contributed by atoms with van der Waals surface area (Å²) in [5, 5.41) is 16.7. The maximum absolute atomic E-state index is 12.0. The van der Waals surface area contributed by atoms with Crippen LogP contribution in [0.25, 0.3) is 0 Å². The Morgan fingerprint density at radius 1 is 0.964 bits per heavy atom. The summed E-state index contributed by atoms with van der Waals surface area (Å²) in [6, 6.07) is 9.85. The second kappa shape index (κ2) is 10.0. The molecule has 0 atom stereocenters. The molecule has 0 saturated carbocycles. The molecule has 2 aromatic carbocycles. The average molecular weight is 389 g/mol. The molecule has 0 aliphatic heterocycles. The molecule has 0 heterocycles. The lowest BCUT2D eigenvalue weighted by Gasteiger charge is -2.12. The lowest BCUT2D eigenvalue weighted by atomic mass is 10.1. The Labute approximate surface area is 162 Å². The smallest absolute Gasteiger partial charge is 0.315 e. The number of nitro groups is 1. The van der Waals surface area contributed by atoms with Crippen molar-refractivity contribution < 1.29 is 23.9 Å². The Hall–Kier alpha value is -3.49. The van der Waals surface area contributed by atoms with Gasteiger partial charge in [-0.2, -0.15) is 0 Å². The predicted octanol–water partition coefficient (Wildman–Crippen LogP) is 2.66. The van der Waals surface area contributed by atoms with Gasteiger partial charge >= 0.3 is 6.03 Å². The first kappa shape index (κ1) is 20.8. The number of urea groups is 1. The second-order valence-electron chi connectivity index (χ2n) is 5.76. The molecule has 9 heteroatoms. The lowest BCUT2D eigenvalue weighted by Crippen LogP contribution is -2.36. The van der Waals surface area contributed by atoms with Crippen molar-refractivity contribution in [1.82, 2.24) is 10.6 Å². The molecule has 2 aromatic rings. The van der Waals surface area contributed by atoms with Crippen LogP contribution in [0.4, 0.5) is 10.5 Å². The third-order valence-electron chi connectivity index (χ3n) is 4.09. The molecule has 0 aromatic heterocycles. The minimum Gasteiger partial charge on any atom is -0.496 e. The number of methoxy groups -OCH3 is 3. The monoisotopic (exact) mass is 389 g/mol. The highest BCUT2D eigenvalue weighted by Gasteiger charge is 2.19. The van der Waals surface area contributed by atoms with Crippen molar-refractivity contribution in [3.05, 3.63) is 57.6 Å². The van der Waals surface area contributed by atoms with Gasteiger partial charge in [-0.1, -0.05) is 18.2 Å². The van der Waals surface area contributed by atoms with Crippen LogP contribution in [-0.4, -0.2) is 38.8 Å². The van der Waals surface area contributed by atoms with E-state index in [0.717, 1.165) is 5.56 Å². The standard InChI is InChI=1S/C19H23N3O6/c1-26-16-7-5-4-6-14(16)12-21-19(23)20-9-8-13-10-17(27-2)18(28-3)11-15(13)22(24)25/h4-7,10-11H,8-9,12H2,1-3H3,(H2,20,21,23). The molecular formula is C19H23N3O6. The maximum atomic E-state index is 12.0. The Morgan fingerprint density at radius 2 is 1.61 bits per heavy atom. The molecular weight excluding hydrogens is 366 g/mol. The van der Waals surface area contributed by atoms with E-state index in [2.05, 4.69) is 10.6 Å². The Morgan fingerprint density at radius 3 is 2.25 bits per heavy atom. The first-order chi connectivity index (χ1) is 13.5. The summed E-state index contributed by atoms with van der Waals surface area (Å²) < 4.78 is 15.5. The molecule has 28 heavy (non-hydrogen) atoms. The summed E-state index contributed by atoms with van der Waals surface area (Å²) in [4.78, 5) is 22.8. The zero-order chi connectivity index (χ0) is 20.5. The van der Waals surface area contributed by atoms with E-state index in [1.54, 1.807) is 13.2 Å². The number of amides is 2. The molecule has 2 rings (SSSR count). The van der Waals surface area contributed by atoms with E-state index in [1.165, 1.54) is 20.3 Å². The van der Waals surface area contributed by atoms with E-state index in [-0.39, 0.29) is 30.4 Å². The van der Waals surface area contributed by atoms with Crippen LogP contribution in [0.2, 0.25) is 0 Å². The van der Waals surface area contributed by atoms with Crippen molar-refractivity contribution in [2.75, 3.05) is 27.9 Å². The molecule has 0 aliphatic carbocycles. The predicted molar refractivity (Wildman–Crippen MR) is 103 cm³/mol. The van der Waals surface area contributed by atoms with Crippen LogP contribution in [0.1, 0.15) is 11.1 Å². The molecule has 150 valence electrons. The molecule has 2 amide bonds. The number of nitrogens with zero attached hydrogens (tertiary/aromatic N) is 1. The van der Waals surface area contributed by atoms with Crippen LogP contribution >= 0.6 is 0 Å². The van der Waals surface area contributed by atoms with Gasteiger partial charge in [0.25, 0.3) is 5.69 Å². The van der Waals surface area contributed by atoms with Crippen molar-refractivity contribution in [2.24, 2.45) is 0 Å². The molecule has 0 radical (unpaired) electrons. The van der Waals surface area contributed by atoms with Crippen molar-refractivity contribution in [2.45, 2.75) is 13.0 Å².